The molecule has 0 amide bonds. The summed E-state index contributed by atoms with van der Waals surface area (Å²) in [4.78, 5) is 2.61. The van der Waals surface area contributed by atoms with E-state index in [0.29, 0.717) is 0 Å². The lowest BCUT2D eigenvalue weighted by Crippen LogP contribution is -2.49. The van der Waals surface area contributed by atoms with Gasteiger partial charge >= 0.3 is 0 Å². The Bertz CT molecular complexity index is 204. The highest BCUT2D eigenvalue weighted by molar-refractivity contribution is 4.86. The Morgan fingerprint density at radius 2 is 1.81 bits per heavy atom. The number of rotatable bonds is 3. The van der Waals surface area contributed by atoms with Gasteiger partial charge in [0.05, 0.1) is 0 Å². The average molecular weight is 226 g/mol. The summed E-state index contributed by atoms with van der Waals surface area (Å²) >= 11 is 0. The van der Waals surface area contributed by atoms with Gasteiger partial charge in [0.1, 0.15) is 0 Å². The van der Waals surface area contributed by atoms with Crippen molar-refractivity contribution in [1.82, 2.24) is 4.90 Å². The van der Waals surface area contributed by atoms with E-state index >= 15 is 0 Å². The minimum atomic E-state index is 0.724. The molecule has 1 saturated heterocycles. The molecule has 0 aromatic heterocycles. The van der Waals surface area contributed by atoms with Crippen LogP contribution >= 0.6 is 0 Å². The van der Waals surface area contributed by atoms with Crippen LogP contribution in [0.3, 0.4) is 0 Å². The van der Waals surface area contributed by atoms with Crippen molar-refractivity contribution in [2.45, 2.75) is 50.6 Å². The molecular formula is C13H26N2O. The molecule has 16 heavy (non-hydrogen) atoms. The van der Waals surface area contributed by atoms with Crippen molar-refractivity contribution in [1.29, 1.82) is 0 Å². The molecule has 1 aliphatic heterocycles. The fourth-order valence-corrected chi connectivity index (χ4v) is 3.36. The zero-order chi connectivity index (χ0) is 11.4. The second kappa shape index (κ2) is 5.99. The predicted molar refractivity (Wildman–Crippen MR) is 66.4 cm³/mol. The highest BCUT2D eigenvalue weighted by Gasteiger charge is 2.31. The summed E-state index contributed by atoms with van der Waals surface area (Å²) in [6.45, 7) is 2.74. The van der Waals surface area contributed by atoms with Crippen LogP contribution in [0.25, 0.3) is 0 Å². The standard InChI is InChI=1S/C13H26N2O/c1-15(12-6-8-16-9-7-12)13-5-3-2-4-11(13)10-14/h11-13H,2-10,14H2,1H3. The second-order valence-electron chi connectivity index (χ2n) is 5.36. The summed E-state index contributed by atoms with van der Waals surface area (Å²) in [6, 6.07) is 1.45. The molecule has 94 valence electrons. The van der Waals surface area contributed by atoms with Crippen molar-refractivity contribution in [2.24, 2.45) is 11.7 Å². The number of nitrogens with zero attached hydrogens (tertiary/aromatic N) is 1. The summed E-state index contributed by atoms with van der Waals surface area (Å²) in [7, 11) is 2.30. The molecule has 2 rings (SSSR count). The van der Waals surface area contributed by atoms with Gasteiger partial charge in [-0.05, 0) is 45.2 Å². The van der Waals surface area contributed by atoms with E-state index in [4.69, 9.17) is 10.5 Å². The van der Waals surface area contributed by atoms with Crippen LogP contribution in [0.4, 0.5) is 0 Å². The fraction of sp³-hybridized carbons (Fsp3) is 1.00. The number of nitrogens with two attached hydrogens (primary N) is 1. The first-order chi connectivity index (χ1) is 7.83. The largest absolute Gasteiger partial charge is 0.381 e. The first-order valence-electron chi connectivity index (χ1n) is 6.82. The smallest absolute Gasteiger partial charge is 0.0480 e. The molecule has 3 nitrogen and oxygen atoms in total. The van der Waals surface area contributed by atoms with Gasteiger partial charge < -0.3 is 10.5 Å². The van der Waals surface area contributed by atoms with Crippen molar-refractivity contribution in [3.8, 4) is 0 Å². The van der Waals surface area contributed by atoms with Crippen LogP contribution in [0.1, 0.15) is 38.5 Å². The number of ether oxygens (including phenoxy) is 1. The van der Waals surface area contributed by atoms with E-state index < -0.39 is 0 Å². The molecule has 0 aromatic carbocycles. The zero-order valence-corrected chi connectivity index (χ0v) is 10.5. The monoisotopic (exact) mass is 226 g/mol. The molecule has 1 saturated carbocycles. The van der Waals surface area contributed by atoms with Gasteiger partial charge in [-0.2, -0.15) is 0 Å². The van der Waals surface area contributed by atoms with E-state index in [9.17, 15) is 0 Å². The van der Waals surface area contributed by atoms with Gasteiger partial charge in [0.25, 0.3) is 0 Å². The van der Waals surface area contributed by atoms with Crippen LogP contribution in [-0.4, -0.2) is 43.8 Å². The maximum Gasteiger partial charge on any atom is 0.0480 e. The summed E-state index contributed by atoms with van der Waals surface area (Å²) < 4.78 is 5.44. The lowest BCUT2D eigenvalue weighted by Gasteiger charge is -2.42. The van der Waals surface area contributed by atoms with Crippen molar-refractivity contribution in [2.75, 3.05) is 26.8 Å². The molecule has 1 aliphatic carbocycles. The molecule has 2 aliphatic rings. The van der Waals surface area contributed by atoms with E-state index in [2.05, 4.69) is 11.9 Å². The number of hydrogen-bond acceptors (Lipinski definition) is 3. The van der Waals surface area contributed by atoms with Crippen molar-refractivity contribution in [3.05, 3.63) is 0 Å². The maximum absolute atomic E-state index is 5.91. The lowest BCUT2D eigenvalue weighted by atomic mass is 9.82. The van der Waals surface area contributed by atoms with E-state index in [1.807, 2.05) is 0 Å². The zero-order valence-electron chi connectivity index (χ0n) is 10.5. The van der Waals surface area contributed by atoms with Gasteiger partial charge in [-0.15, -0.1) is 0 Å². The summed E-state index contributed by atoms with van der Waals surface area (Å²) in [5, 5.41) is 0. The van der Waals surface area contributed by atoms with Crippen molar-refractivity contribution >= 4 is 0 Å². The molecular weight excluding hydrogens is 200 g/mol. The van der Waals surface area contributed by atoms with E-state index in [-0.39, 0.29) is 0 Å². The highest BCUT2D eigenvalue weighted by Crippen LogP contribution is 2.29. The minimum absolute atomic E-state index is 0.724. The molecule has 0 aromatic rings. The van der Waals surface area contributed by atoms with E-state index in [1.54, 1.807) is 0 Å². The van der Waals surface area contributed by atoms with Crippen LogP contribution in [0.2, 0.25) is 0 Å². The third-order valence-electron chi connectivity index (χ3n) is 4.46. The van der Waals surface area contributed by atoms with Crippen LogP contribution in [0, 0.1) is 5.92 Å². The summed E-state index contributed by atoms with van der Waals surface area (Å²) in [5.74, 6) is 0.724. The minimum Gasteiger partial charge on any atom is -0.381 e. The normalized spacial score (nSPS) is 33.2. The Kier molecular flexibility index (Phi) is 4.62. The van der Waals surface area contributed by atoms with Gasteiger partial charge in [0.15, 0.2) is 0 Å². The van der Waals surface area contributed by atoms with Gasteiger partial charge in [-0.3, -0.25) is 4.90 Å². The summed E-state index contributed by atoms with van der Waals surface area (Å²) in [6.07, 6.45) is 7.83. The Morgan fingerprint density at radius 1 is 1.12 bits per heavy atom. The molecule has 1 heterocycles. The second-order valence-corrected chi connectivity index (χ2v) is 5.36. The van der Waals surface area contributed by atoms with Crippen molar-refractivity contribution < 1.29 is 4.74 Å². The fourth-order valence-electron chi connectivity index (χ4n) is 3.36. The molecule has 2 unspecified atom stereocenters. The summed E-state index contributed by atoms with van der Waals surface area (Å²) in [5.41, 5.74) is 5.91. The third-order valence-corrected chi connectivity index (χ3v) is 4.46. The molecule has 2 atom stereocenters. The molecule has 0 bridgehead atoms. The molecule has 3 heteroatoms. The Morgan fingerprint density at radius 3 is 2.50 bits per heavy atom. The molecule has 0 spiro atoms. The topological polar surface area (TPSA) is 38.5 Å². The first kappa shape index (κ1) is 12.3. The predicted octanol–water partition coefficient (Wildman–Crippen LogP) is 1.61. The molecule has 0 radical (unpaired) electrons. The third kappa shape index (κ3) is 2.76. The average Bonchev–Trinajstić information content (AvgIpc) is 2.39. The van der Waals surface area contributed by atoms with E-state index in [1.165, 1.54) is 38.5 Å². The van der Waals surface area contributed by atoms with Gasteiger partial charge in [0.2, 0.25) is 0 Å². The highest BCUT2D eigenvalue weighted by atomic mass is 16.5. The Labute approximate surface area is 99.3 Å². The van der Waals surface area contributed by atoms with Crippen LogP contribution in [0.15, 0.2) is 0 Å². The number of hydrogen-bond donors (Lipinski definition) is 1. The Balaban J connectivity index is 1.92. The van der Waals surface area contributed by atoms with Crippen LogP contribution in [-0.2, 0) is 4.74 Å². The lowest BCUT2D eigenvalue weighted by molar-refractivity contribution is 0.00946. The van der Waals surface area contributed by atoms with Crippen LogP contribution in [0.5, 0.6) is 0 Å². The molecule has 2 fully saturated rings. The quantitative estimate of drug-likeness (QED) is 0.794. The van der Waals surface area contributed by atoms with Gasteiger partial charge in [-0.1, -0.05) is 12.8 Å². The first-order valence-corrected chi connectivity index (χ1v) is 6.82. The van der Waals surface area contributed by atoms with Gasteiger partial charge in [0, 0.05) is 25.3 Å². The Hall–Kier alpha value is -0.120. The molecule has 2 N–H and O–H groups in total. The maximum atomic E-state index is 5.91. The SMILES string of the molecule is CN(C1CCOCC1)C1CCCCC1CN. The van der Waals surface area contributed by atoms with Crippen molar-refractivity contribution in [3.63, 3.8) is 0 Å². The van der Waals surface area contributed by atoms with Crippen LogP contribution < -0.4 is 5.73 Å². The van der Waals surface area contributed by atoms with E-state index in [0.717, 1.165) is 37.8 Å². The van der Waals surface area contributed by atoms with Gasteiger partial charge in [-0.25, -0.2) is 0 Å².